The van der Waals surface area contributed by atoms with Crippen LogP contribution >= 0.6 is 0 Å². The molecule has 0 aromatic heterocycles. The van der Waals surface area contributed by atoms with Crippen LogP contribution in [0.15, 0.2) is 12.1 Å². The Balaban J connectivity index is 2.81. The SMILES string of the molecule is CC(C)(C)CCNc1c(F)cc([N+](=O)[O-])cc1F. The largest absolute Gasteiger partial charge is 0.380 e. The predicted octanol–water partition coefficient (Wildman–Crippen LogP) is 3.72. The zero-order valence-corrected chi connectivity index (χ0v) is 10.6. The van der Waals surface area contributed by atoms with E-state index >= 15 is 0 Å². The minimum atomic E-state index is -0.949. The third kappa shape index (κ3) is 3.94. The van der Waals surface area contributed by atoms with E-state index in [1.807, 2.05) is 20.8 Å². The second-order valence-electron chi connectivity index (χ2n) is 5.28. The summed E-state index contributed by atoms with van der Waals surface area (Å²) in [7, 11) is 0. The average molecular weight is 258 g/mol. The van der Waals surface area contributed by atoms with Crippen molar-refractivity contribution in [3.05, 3.63) is 33.9 Å². The maximum Gasteiger partial charge on any atom is 0.275 e. The lowest BCUT2D eigenvalue weighted by Crippen LogP contribution is -2.14. The number of non-ortho nitro benzene ring substituents is 1. The van der Waals surface area contributed by atoms with E-state index in [4.69, 9.17) is 0 Å². The van der Waals surface area contributed by atoms with Crippen molar-refractivity contribution in [3.8, 4) is 0 Å². The highest BCUT2D eigenvalue weighted by molar-refractivity contribution is 5.51. The molecular weight excluding hydrogens is 242 g/mol. The van der Waals surface area contributed by atoms with E-state index in [0.29, 0.717) is 18.7 Å². The Kier molecular flexibility index (Phi) is 4.21. The fourth-order valence-electron chi connectivity index (χ4n) is 1.40. The summed E-state index contributed by atoms with van der Waals surface area (Å²) in [6.45, 7) is 6.43. The lowest BCUT2D eigenvalue weighted by Gasteiger charge is -2.18. The molecule has 0 spiro atoms. The highest BCUT2D eigenvalue weighted by Gasteiger charge is 2.17. The standard InChI is InChI=1S/C12H16F2N2O2/c1-12(2,3)4-5-15-11-9(13)6-8(16(17)18)7-10(11)14/h6-7,15H,4-5H2,1-3H3. The maximum absolute atomic E-state index is 13.5. The molecule has 0 amide bonds. The van der Waals surface area contributed by atoms with E-state index in [0.717, 1.165) is 6.42 Å². The van der Waals surface area contributed by atoms with Gasteiger partial charge < -0.3 is 5.32 Å². The second kappa shape index (κ2) is 5.29. The summed E-state index contributed by atoms with van der Waals surface area (Å²) in [6.07, 6.45) is 0.725. The molecule has 18 heavy (non-hydrogen) atoms. The second-order valence-corrected chi connectivity index (χ2v) is 5.28. The van der Waals surface area contributed by atoms with E-state index in [9.17, 15) is 18.9 Å². The number of nitrogens with zero attached hydrogens (tertiary/aromatic N) is 1. The molecule has 0 aliphatic rings. The Morgan fingerprint density at radius 1 is 1.28 bits per heavy atom. The van der Waals surface area contributed by atoms with Gasteiger partial charge in [-0.1, -0.05) is 20.8 Å². The summed E-state index contributed by atoms with van der Waals surface area (Å²) in [4.78, 5) is 9.59. The Hall–Kier alpha value is -1.72. The van der Waals surface area contributed by atoms with E-state index in [1.165, 1.54) is 0 Å². The number of nitrogens with one attached hydrogen (secondary N) is 1. The van der Waals surface area contributed by atoms with Crippen molar-refractivity contribution in [3.63, 3.8) is 0 Å². The van der Waals surface area contributed by atoms with Gasteiger partial charge in [-0.25, -0.2) is 8.78 Å². The summed E-state index contributed by atoms with van der Waals surface area (Å²) >= 11 is 0. The van der Waals surface area contributed by atoms with Gasteiger partial charge >= 0.3 is 0 Å². The van der Waals surface area contributed by atoms with Gasteiger partial charge in [0.15, 0.2) is 11.6 Å². The normalized spacial score (nSPS) is 11.4. The molecule has 100 valence electrons. The van der Waals surface area contributed by atoms with Crippen LogP contribution in [-0.4, -0.2) is 11.5 Å². The molecule has 0 unspecified atom stereocenters. The predicted molar refractivity (Wildman–Crippen MR) is 65.6 cm³/mol. The van der Waals surface area contributed by atoms with Crippen molar-refractivity contribution < 1.29 is 13.7 Å². The number of halogens is 2. The molecule has 1 aromatic rings. The molecule has 0 saturated heterocycles. The minimum Gasteiger partial charge on any atom is -0.380 e. The minimum absolute atomic E-state index is 0.0424. The molecule has 1 aromatic carbocycles. The molecule has 0 aliphatic heterocycles. The summed E-state index contributed by atoms with van der Waals surface area (Å²) in [5.74, 6) is -1.90. The summed E-state index contributed by atoms with van der Waals surface area (Å²) in [5.41, 5.74) is -0.864. The van der Waals surface area contributed by atoms with Crippen LogP contribution in [-0.2, 0) is 0 Å². The molecule has 1 N–H and O–H groups in total. The van der Waals surface area contributed by atoms with E-state index in [2.05, 4.69) is 5.32 Å². The number of anilines is 1. The number of rotatable bonds is 4. The smallest absolute Gasteiger partial charge is 0.275 e. The van der Waals surface area contributed by atoms with Crippen molar-refractivity contribution >= 4 is 11.4 Å². The molecule has 0 bridgehead atoms. The first-order valence-electron chi connectivity index (χ1n) is 5.58. The Labute approximate surface area is 104 Å². The van der Waals surface area contributed by atoms with Gasteiger partial charge in [0.2, 0.25) is 0 Å². The highest BCUT2D eigenvalue weighted by Crippen LogP contribution is 2.25. The van der Waals surface area contributed by atoms with Crippen LogP contribution in [0.1, 0.15) is 27.2 Å². The van der Waals surface area contributed by atoms with Crippen LogP contribution in [0.4, 0.5) is 20.2 Å². The van der Waals surface area contributed by atoms with Crippen LogP contribution in [0.3, 0.4) is 0 Å². The van der Waals surface area contributed by atoms with Crippen molar-refractivity contribution in [2.24, 2.45) is 5.41 Å². The van der Waals surface area contributed by atoms with E-state index in [1.54, 1.807) is 0 Å². The van der Waals surface area contributed by atoms with Crippen LogP contribution in [0.2, 0.25) is 0 Å². The van der Waals surface area contributed by atoms with E-state index in [-0.39, 0.29) is 11.1 Å². The van der Waals surface area contributed by atoms with Crippen LogP contribution < -0.4 is 5.32 Å². The zero-order valence-electron chi connectivity index (χ0n) is 10.6. The molecular formula is C12H16F2N2O2. The quantitative estimate of drug-likeness (QED) is 0.661. The van der Waals surface area contributed by atoms with Crippen molar-refractivity contribution in [1.29, 1.82) is 0 Å². The van der Waals surface area contributed by atoms with Gasteiger partial charge in [0.05, 0.1) is 17.1 Å². The maximum atomic E-state index is 13.5. The molecule has 0 fully saturated rings. The number of nitro benzene ring substituents is 1. The molecule has 0 aliphatic carbocycles. The summed E-state index contributed by atoms with van der Waals surface area (Å²) in [5, 5.41) is 13.0. The Bertz CT molecular complexity index is 433. The van der Waals surface area contributed by atoms with Crippen LogP contribution in [0, 0.1) is 27.2 Å². The average Bonchev–Trinajstić information content (AvgIpc) is 2.20. The molecule has 0 heterocycles. The van der Waals surface area contributed by atoms with Gasteiger partial charge in [0, 0.05) is 6.54 Å². The first-order chi connectivity index (χ1) is 8.20. The highest BCUT2D eigenvalue weighted by atomic mass is 19.1. The number of hydrogen-bond acceptors (Lipinski definition) is 3. The Morgan fingerprint density at radius 2 is 1.78 bits per heavy atom. The van der Waals surface area contributed by atoms with Gasteiger partial charge in [-0.3, -0.25) is 10.1 Å². The first-order valence-corrected chi connectivity index (χ1v) is 5.58. The molecule has 6 heteroatoms. The number of hydrogen-bond donors (Lipinski definition) is 1. The van der Waals surface area contributed by atoms with Crippen LogP contribution in [0.5, 0.6) is 0 Å². The zero-order chi connectivity index (χ0) is 13.9. The monoisotopic (exact) mass is 258 g/mol. The van der Waals surface area contributed by atoms with Gasteiger partial charge in [-0.05, 0) is 11.8 Å². The molecule has 4 nitrogen and oxygen atoms in total. The molecule has 0 atom stereocenters. The van der Waals surface area contributed by atoms with Gasteiger partial charge in [0.1, 0.15) is 5.69 Å². The third-order valence-corrected chi connectivity index (χ3v) is 2.41. The Morgan fingerprint density at radius 3 is 2.17 bits per heavy atom. The van der Waals surface area contributed by atoms with Crippen molar-refractivity contribution in [1.82, 2.24) is 0 Å². The van der Waals surface area contributed by atoms with Gasteiger partial charge in [-0.15, -0.1) is 0 Å². The van der Waals surface area contributed by atoms with Gasteiger partial charge in [-0.2, -0.15) is 0 Å². The van der Waals surface area contributed by atoms with Crippen LogP contribution in [0.25, 0.3) is 0 Å². The fraction of sp³-hybridized carbons (Fsp3) is 0.500. The number of nitro groups is 1. The first kappa shape index (κ1) is 14.3. The van der Waals surface area contributed by atoms with Crippen molar-refractivity contribution in [2.75, 3.05) is 11.9 Å². The summed E-state index contributed by atoms with van der Waals surface area (Å²) < 4.78 is 27.0. The number of benzene rings is 1. The van der Waals surface area contributed by atoms with Gasteiger partial charge in [0.25, 0.3) is 5.69 Å². The lowest BCUT2D eigenvalue weighted by atomic mass is 9.92. The molecule has 0 saturated carbocycles. The fourth-order valence-corrected chi connectivity index (χ4v) is 1.40. The topological polar surface area (TPSA) is 55.2 Å². The molecule has 0 radical (unpaired) electrons. The van der Waals surface area contributed by atoms with Crippen molar-refractivity contribution in [2.45, 2.75) is 27.2 Å². The van der Waals surface area contributed by atoms with E-state index < -0.39 is 22.2 Å². The lowest BCUT2D eigenvalue weighted by molar-refractivity contribution is -0.385. The summed E-state index contributed by atoms with van der Waals surface area (Å²) in [6, 6.07) is 1.42. The molecule has 1 rings (SSSR count). The third-order valence-electron chi connectivity index (χ3n) is 2.41.